The number of nitrogens with two attached hydrogens (primary N) is 1. The van der Waals surface area contributed by atoms with Gasteiger partial charge in [0.15, 0.2) is 0 Å². The van der Waals surface area contributed by atoms with E-state index < -0.39 is 0 Å². The van der Waals surface area contributed by atoms with Gasteiger partial charge in [0.1, 0.15) is 5.82 Å². The van der Waals surface area contributed by atoms with Crippen LogP contribution >= 0.6 is 12.4 Å². The molecule has 0 bridgehead atoms. The number of rotatable bonds is 2. The highest BCUT2D eigenvalue weighted by Crippen LogP contribution is 2.19. The molecule has 1 rings (SSSR count). The zero-order valence-electron chi connectivity index (χ0n) is 7.88. The van der Waals surface area contributed by atoms with E-state index in [0.717, 1.165) is 6.42 Å². The molecule has 3 heteroatoms. The van der Waals surface area contributed by atoms with Gasteiger partial charge >= 0.3 is 0 Å². The van der Waals surface area contributed by atoms with Gasteiger partial charge in [-0.3, -0.25) is 0 Å². The van der Waals surface area contributed by atoms with E-state index in [9.17, 15) is 4.39 Å². The summed E-state index contributed by atoms with van der Waals surface area (Å²) < 4.78 is 13.4. The van der Waals surface area contributed by atoms with E-state index >= 15 is 0 Å². The summed E-state index contributed by atoms with van der Waals surface area (Å²) in [5.41, 5.74) is 7.01. The second-order valence-corrected chi connectivity index (χ2v) is 2.99. The summed E-state index contributed by atoms with van der Waals surface area (Å²) in [7, 11) is 0. The van der Waals surface area contributed by atoms with Crippen LogP contribution in [0, 0.1) is 12.7 Å². The van der Waals surface area contributed by atoms with Crippen molar-refractivity contribution in [3.05, 3.63) is 35.1 Å². The molecule has 1 nitrogen and oxygen atoms in total. The average molecular weight is 204 g/mol. The van der Waals surface area contributed by atoms with E-state index in [1.165, 1.54) is 0 Å². The molecule has 2 N–H and O–H groups in total. The van der Waals surface area contributed by atoms with E-state index in [2.05, 4.69) is 0 Å². The Morgan fingerprint density at radius 1 is 1.46 bits per heavy atom. The minimum absolute atomic E-state index is 0. The van der Waals surface area contributed by atoms with Crippen molar-refractivity contribution in [2.45, 2.75) is 26.3 Å². The Balaban J connectivity index is 0.00000144. The van der Waals surface area contributed by atoms with Crippen molar-refractivity contribution in [3.63, 3.8) is 0 Å². The van der Waals surface area contributed by atoms with Crippen LogP contribution in [0.15, 0.2) is 18.2 Å². The first-order chi connectivity index (χ1) is 5.66. The Morgan fingerprint density at radius 2 is 2.08 bits per heavy atom. The van der Waals surface area contributed by atoms with Crippen LogP contribution in [0.3, 0.4) is 0 Å². The third-order valence-electron chi connectivity index (χ3n) is 2.06. The van der Waals surface area contributed by atoms with E-state index in [4.69, 9.17) is 5.73 Å². The smallest absolute Gasteiger partial charge is 0.130 e. The van der Waals surface area contributed by atoms with Crippen LogP contribution in [0.2, 0.25) is 0 Å². The lowest BCUT2D eigenvalue weighted by Crippen LogP contribution is -2.11. The highest BCUT2D eigenvalue weighted by atomic mass is 35.5. The van der Waals surface area contributed by atoms with Gasteiger partial charge in [-0.15, -0.1) is 12.4 Å². The molecule has 0 amide bonds. The van der Waals surface area contributed by atoms with Crippen LogP contribution in [-0.4, -0.2) is 0 Å². The Labute approximate surface area is 84.5 Å². The topological polar surface area (TPSA) is 26.0 Å². The Morgan fingerprint density at radius 3 is 2.62 bits per heavy atom. The molecule has 0 aliphatic heterocycles. The fraction of sp³-hybridized carbons (Fsp3) is 0.400. The van der Waals surface area contributed by atoms with Crippen molar-refractivity contribution in [2.24, 2.45) is 5.73 Å². The second-order valence-electron chi connectivity index (χ2n) is 2.99. The fourth-order valence-electron chi connectivity index (χ4n) is 1.18. The molecule has 1 aromatic rings. The van der Waals surface area contributed by atoms with Crippen molar-refractivity contribution < 1.29 is 4.39 Å². The van der Waals surface area contributed by atoms with E-state index in [-0.39, 0.29) is 24.3 Å². The molecule has 0 spiro atoms. The molecule has 0 aromatic heterocycles. The average Bonchev–Trinajstić information content (AvgIpc) is 2.08. The van der Waals surface area contributed by atoms with Gasteiger partial charge in [0.05, 0.1) is 0 Å². The molecule has 13 heavy (non-hydrogen) atoms. The number of hydrogen-bond donors (Lipinski definition) is 1. The quantitative estimate of drug-likeness (QED) is 0.786. The predicted octanol–water partition coefficient (Wildman–Crippen LogP) is 2.97. The van der Waals surface area contributed by atoms with Crippen LogP contribution in [-0.2, 0) is 0 Å². The second kappa shape index (κ2) is 5.20. The Hall–Kier alpha value is -0.600. The molecule has 0 fully saturated rings. The Bertz CT molecular complexity index is 276. The van der Waals surface area contributed by atoms with Gasteiger partial charge in [-0.2, -0.15) is 0 Å². The lowest BCUT2D eigenvalue weighted by molar-refractivity contribution is 0.568. The first kappa shape index (κ1) is 12.4. The first-order valence-electron chi connectivity index (χ1n) is 4.17. The van der Waals surface area contributed by atoms with Gasteiger partial charge in [0.25, 0.3) is 0 Å². The van der Waals surface area contributed by atoms with Crippen LogP contribution in [0.5, 0.6) is 0 Å². The highest BCUT2D eigenvalue weighted by Gasteiger charge is 2.09. The zero-order valence-corrected chi connectivity index (χ0v) is 8.70. The van der Waals surface area contributed by atoms with Crippen LogP contribution in [0.1, 0.15) is 30.5 Å². The lowest BCUT2D eigenvalue weighted by atomic mass is 10.0. The number of aryl methyl sites for hydroxylation is 1. The van der Waals surface area contributed by atoms with Gasteiger partial charge < -0.3 is 5.73 Å². The highest BCUT2D eigenvalue weighted by molar-refractivity contribution is 5.85. The molecule has 1 atom stereocenters. The van der Waals surface area contributed by atoms with Crippen LogP contribution in [0.4, 0.5) is 4.39 Å². The molecule has 0 aliphatic rings. The number of hydrogen-bond acceptors (Lipinski definition) is 1. The summed E-state index contributed by atoms with van der Waals surface area (Å²) in [4.78, 5) is 0. The summed E-state index contributed by atoms with van der Waals surface area (Å²) >= 11 is 0. The van der Waals surface area contributed by atoms with Gasteiger partial charge in [0, 0.05) is 11.6 Å². The summed E-state index contributed by atoms with van der Waals surface area (Å²) in [6.45, 7) is 3.70. The third-order valence-corrected chi connectivity index (χ3v) is 2.06. The molecule has 1 aromatic carbocycles. The number of halogens is 2. The third kappa shape index (κ3) is 2.68. The predicted molar refractivity (Wildman–Crippen MR) is 55.6 cm³/mol. The van der Waals surface area contributed by atoms with E-state index in [1.807, 2.05) is 13.0 Å². The minimum Gasteiger partial charge on any atom is -0.324 e. The van der Waals surface area contributed by atoms with E-state index in [0.29, 0.717) is 11.1 Å². The molecular weight excluding hydrogens is 189 g/mol. The molecule has 0 saturated heterocycles. The summed E-state index contributed by atoms with van der Waals surface area (Å²) in [5, 5.41) is 0. The minimum atomic E-state index is -0.176. The standard InChI is InChI=1S/C10H14FN.ClH/c1-3-9(12)8-6-4-5-7(2)10(8)11;/h4-6,9H,3,12H2,1-2H3;1H. The van der Waals surface area contributed by atoms with Gasteiger partial charge in [-0.25, -0.2) is 4.39 Å². The summed E-state index contributed by atoms with van der Waals surface area (Å²) in [6.07, 6.45) is 0.764. The molecule has 1 unspecified atom stereocenters. The Kier molecular flexibility index (Phi) is 4.96. The molecule has 74 valence electrons. The van der Waals surface area contributed by atoms with Crippen molar-refractivity contribution in [3.8, 4) is 0 Å². The molecular formula is C10H15ClFN. The van der Waals surface area contributed by atoms with Gasteiger partial charge in [-0.1, -0.05) is 25.1 Å². The maximum absolute atomic E-state index is 13.4. The zero-order chi connectivity index (χ0) is 9.14. The van der Waals surface area contributed by atoms with Gasteiger partial charge in [0.2, 0.25) is 0 Å². The normalized spacial score (nSPS) is 12.0. The van der Waals surface area contributed by atoms with Crippen molar-refractivity contribution >= 4 is 12.4 Å². The maximum atomic E-state index is 13.4. The summed E-state index contributed by atoms with van der Waals surface area (Å²) in [6, 6.07) is 5.16. The molecule has 0 heterocycles. The monoisotopic (exact) mass is 203 g/mol. The van der Waals surface area contributed by atoms with Crippen LogP contribution < -0.4 is 5.73 Å². The summed E-state index contributed by atoms with van der Waals surface area (Å²) in [5.74, 6) is -0.160. The molecule has 0 aliphatic carbocycles. The lowest BCUT2D eigenvalue weighted by Gasteiger charge is -2.11. The molecule has 0 radical (unpaired) electrons. The maximum Gasteiger partial charge on any atom is 0.130 e. The number of benzene rings is 1. The fourth-order valence-corrected chi connectivity index (χ4v) is 1.18. The van der Waals surface area contributed by atoms with Crippen molar-refractivity contribution in [2.75, 3.05) is 0 Å². The SMILES string of the molecule is CCC(N)c1cccc(C)c1F.Cl. The van der Waals surface area contributed by atoms with Gasteiger partial charge in [-0.05, 0) is 18.9 Å². The van der Waals surface area contributed by atoms with Crippen molar-refractivity contribution in [1.82, 2.24) is 0 Å². The van der Waals surface area contributed by atoms with Crippen molar-refractivity contribution in [1.29, 1.82) is 0 Å². The first-order valence-corrected chi connectivity index (χ1v) is 4.17. The largest absolute Gasteiger partial charge is 0.324 e. The van der Waals surface area contributed by atoms with Crippen LogP contribution in [0.25, 0.3) is 0 Å². The van der Waals surface area contributed by atoms with E-state index in [1.54, 1.807) is 19.1 Å². The molecule has 0 saturated carbocycles.